The van der Waals surface area contributed by atoms with Gasteiger partial charge in [-0.15, -0.1) is 0 Å². The van der Waals surface area contributed by atoms with Gasteiger partial charge in [0, 0.05) is 18.5 Å². The van der Waals surface area contributed by atoms with Crippen molar-refractivity contribution in [1.29, 1.82) is 0 Å². The third-order valence-electron chi connectivity index (χ3n) is 5.78. The summed E-state index contributed by atoms with van der Waals surface area (Å²) in [5, 5.41) is 10.4. The lowest BCUT2D eigenvalue weighted by atomic mass is 10.0. The van der Waals surface area contributed by atoms with E-state index in [9.17, 15) is 14.4 Å². The highest BCUT2D eigenvalue weighted by atomic mass is 16.6. The second-order valence-corrected chi connectivity index (χ2v) is 11.2. The first-order valence-corrected chi connectivity index (χ1v) is 12.4. The van der Waals surface area contributed by atoms with Crippen LogP contribution in [0.25, 0.3) is 32.6 Å². The van der Waals surface area contributed by atoms with E-state index in [0.717, 1.165) is 16.2 Å². The van der Waals surface area contributed by atoms with Crippen LogP contribution in [0.15, 0.2) is 41.2 Å². The van der Waals surface area contributed by atoms with Crippen molar-refractivity contribution in [3.05, 3.63) is 52.4 Å². The fourth-order valence-corrected chi connectivity index (χ4v) is 4.28. The van der Waals surface area contributed by atoms with Crippen LogP contribution in [0.5, 0.6) is 0 Å². The van der Waals surface area contributed by atoms with Crippen molar-refractivity contribution >= 4 is 44.8 Å². The zero-order chi connectivity index (χ0) is 27.1. The summed E-state index contributed by atoms with van der Waals surface area (Å²) < 4.78 is 13.7. The molecule has 0 aliphatic heterocycles. The summed E-state index contributed by atoms with van der Waals surface area (Å²) in [6, 6.07) is 11.8. The smallest absolute Gasteiger partial charge is 0.435 e. The third kappa shape index (κ3) is 5.60. The first kappa shape index (κ1) is 26.2. The fourth-order valence-electron chi connectivity index (χ4n) is 4.28. The van der Waals surface area contributed by atoms with Gasteiger partial charge in [0.25, 0.3) is 5.56 Å². The van der Waals surface area contributed by atoms with Gasteiger partial charge in [0.05, 0.1) is 16.6 Å². The van der Waals surface area contributed by atoms with E-state index >= 15 is 0 Å². The Kier molecular flexibility index (Phi) is 6.75. The van der Waals surface area contributed by atoms with Gasteiger partial charge in [0.15, 0.2) is 0 Å². The van der Waals surface area contributed by atoms with Gasteiger partial charge in [-0.25, -0.2) is 9.59 Å². The molecule has 0 bridgehead atoms. The van der Waals surface area contributed by atoms with Crippen molar-refractivity contribution in [2.75, 3.05) is 6.54 Å². The van der Waals surface area contributed by atoms with Crippen molar-refractivity contribution in [3.8, 4) is 0 Å². The number of rotatable bonds is 4. The van der Waals surface area contributed by atoms with Gasteiger partial charge in [0.2, 0.25) is 0 Å². The van der Waals surface area contributed by atoms with E-state index in [4.69, 9.17) is 9.47 Å². The number of hydrogen-bond donors (Lipinski definition) is 1. The van der Waals surface area contributed by atoms with Crippen molar-refractivity contribution in [2.24, 2.45) is 0 Å². The molecule has 37 heavy (non-hydrogen) atoms. The monoisotopic (exact) mass is 506 g/mol. The molecule has 0 fully saturated rings. The van der Waals surface area contributed by atoms with Crippen LogP contribution in [0.3, 0.4) is 0 Å². The number of fused-ring (bicyclic) bond motifs is 4. The lowest BCUT2D eigenvalue weighted by Crippen LogP contribution is -2.33. The number of hydrogen-bond acceptors (Lipinski definition) is 6. The van der Waals surface area contributed by atoms with E-state index in [2.05, 4.69) is 10.4 Å². The van der Waals surface area contributed by atoms with Crippen molar-refractivity contribution in [3.63, 3.8) is 0 Å². The van der Waals surface area contributed by atoms with Crippen LogP contribution >= 0.6 is 0 Å². The number of carbonyl (C=O) groups is 2. The number of amides is 1. The Morgan fingerprint density at radius 2 is 1.59 bits per heavy atom. The molecule has 0 aliphatic rings. The van der Waals surface area contributed by atoms with Gasteiger partial charge < -0.3 is 19.4 Å². The molecule has 1 N–H and O–H groups in total. The average Bonchev–Trinajstić information content (AvgIpc) is 3.13. The Bertz CT molecular complexity index is 1570. The minimum atomic E-state index is -0.707. The van der Waals surface area contributed by atoms with Crippen molar-refractivity contribution in [1.82, 2.24) is 19.7 Å². The normalized spacial score (nSPS) is 12.3. The summed E-state index contributed by atoms with van der Waals surface area (Å²) in [4.78, 5) is 38.7. The fraction of sp³-hybridized carbons (Fsp3) is 0.429. The molecule has 4 rings (SSSR count). The maximum atomic E-state index is 13.8. The number of ether oxygens (including phenoxy) is 2. The Hall–Kier alpha value is -3.88. The SMILES string of the molecule is Cc1c2c(=O)n(CCCNC(=O)OC(C)(C)C)c3cc4ccccc4cc3c2nn1C(=O)OC(C)(C)C. The first-order chi connectivity index (χ1) is 17.2. The number of alkyl carbamates (subject to hydrolysis) is 1. The van der Waals surface area contributed by atoms with Crippen LogP contribution in [0.1, 0.15) is 53.7 Å². The zero-order valence-corrected chi connectivity index (χ0v) is 22.5. The molecule has 0 saturated heterocycles. The molecule has 4 aromatic rings. The highest BCUT2D eigenvalue weighted by molar-refractivity contribution is 6.09. The molecule has 9 nitrogen and oxygen atoms in total. The number of nitrogens with one attached hydrogen (secondary N) is 1. The Morgan fingerprint density at radius 1 is 0.973 bits per heavy atom. The molecule has 2 aromatic carbocycles. The molecule has 0 spiro atoms. The molecule has 9 heteroatoms. The Labute approximate surface area is 215 Å². The van der Waals surface area contributed by atoms with Gasteiger partial charge >= 0.3 is 12.2 Å². The minimum Gasteiger partial charge on any atom is -0.444 e. The topological polar surface area (TPSA) is 104 Å². The number of aryl methyl sites for hydroxylation is 2. The highest BCUT2D eigenvalue weighted by Crippen LogP contribution is 2.29. The van der Waals surface area contributed by atoms with Crippen LogP contribution in [0, 0.1) is 6.92 Å². The van der Waals surface area contributed by atoms with E-state index in [0.29, 0.717) is 41.6 Å². The summed E-state index contributed by atoms with van der Waals surface area (Å²) in [6.07, 6.45) is -0.630. The van der Waals surface area contributed by atoms with E-state index in [1.807, 2.05) is 36.4 Å². The molecular weight excluding hydrogens is 472 g/mol. The largest absolute Gasteiger partial charge is 0.444 e. The van der Waals surface area contributed by atoms with Crippen LogP contribution < -0.4 is 10.9 Å². The lowest BCUT2D eigenvalue weighted by molar-refractivity contribution is 0.0506. The molecule has 0 atom stereocenters. The second-order valence-electron chi connectivity index (χ2n) is 11.2. The minimum absolute atomic E-state index is 0.248. The molecule has 2 heterocycles. The number of nitrogens with zero attached hydrogens (tertiary/aromatic N) is 3. The van der Waals surface area contributed by atoms with Crippen LogP contribution in [-0.2, 0) is 16.0 Å². The van der Waals surface area contributed by atoms with E-state index in [1.54, 1.807) is 53.0 Å². The summed E-state index contributed by atoms with van der Waals surface area (Å²) in [6.45, 7) is 13.1. The predicted octanol–water partition coefficient (Wildman–Crippen LogP) is 5.51. The van der Waals surface area contributed by atoms with Gasteiger partial charge in [-0.3, -0.25) is 4.79 Å². The highest BCUT2D eigenvalue weighted by Gasteiger charge is 2.25. The van der Waals surface area contributed by atoms with Gasteiger partial charge in [-0.1, -0.05) is 24.3 Å². The Balaban J connectivity index is 1.79. The maximum Gasteiger partial charge on any atom is 0.435 e. The lowest BCUT2D eigenvalue weighted by Gasteiger charge is -2.19. The first-order valence-electron chi connectivity index (χ1n) is 12.4. The maximum absolute atomic E-state index is 13.8. The zero-order valence-electron chi connectivity index (χ0n) is 22.5. The molecule has 0 unspecified atom stereocenters. The summed E-state index contributed by atoms with van der Waals surface area (Å²) >= 11 is 0. The number of pyridine rings is 1. The van der Waals surface area contributed by atoms with Crippen molar-refractivity contribution < 1.29 is 19.1 Å². The van der Waals surface area contributed by atoms with Crippen LogP contribution in [0.4, 0.5) is 9.59 Å². The molecule has 1 amide bonds. The molecule has 0 aliphatic carbocycles. The quantitative estimate of drug-likeness (QED) is 0.289. The molecular formula is C28H34N4O5. The summed E-state index contributed by atoms with van der Waals surface area (Å²) in [5.74, 6) is 0. The summed E-state index contributed by atoms with van der Waals surface area (Å²) in [5.41, 5.74) is 0.0444. The molecule has 0 saturated carbocycles. The van der Waals surface area contributed by atoms with Gasteiger partial charge in [0.1, 0.15) is 16.7 Å². The number of benzene rings is 2. The van der Waals surface area contributed by atoms with Gasteiger partial charge in [-0.2, -0.15) is 9.78 Å². The molecule has 196 valence electrons. The number of aromatic nitrogens is 3. The second kappa shape index (κ2) is 9.53. The third-order valence-corrected chi connectivity index (χ3v) is 5.78. The Morgan fingerprint density at radius 3 is 2.22 bits per heavy atom. The van der Waals surface area contributed by atoms with E-state index in [-0.39, 0.29) is 5.56 Å². The van der Waals surface area contributed by atoms with E-state index < -0.39 is 23.4 Å². The van der Waals surface area contributed by atoms with Gasteiger partial charge in [-0.05, 0) is 77.8 Å². The summed E-state index contributed by atoms with van der Waals surface area (Å²) in [7, 11) is 0. The average molecular weight is 507 g/mol. The van der Waals surface area contributed by atoms with Crippen molar-refractivity contribution in [2.45, 2.75) is 72.6 Å². The molecule has 0 radical (unpaired) electrons. The standard InChI is InChI=1S/C28H34N4O5/c1-17-22-23(30-32(17)26(35)37-28(5,6)7)20-15-18-11-8-9-12-19(18)16-21(20)31(24(22)33)14-10-13-29-25(34)36-27(2,3)4/h8-9,11-12,15-16H,10,13-14H2,1-7H3,(H,29,34). The van der Waals surface area contributed by atoms with Crippen LogP contribution in [-0.4, -0.2) is 44.3 Å². The van der Waals surface area contributed by atoms with E-state index in [1.165, 1.54) is 4.68 Å². The van der Waals surface area contributed by atoms with Crippen LogP contribution in [0.2, 0.25) is 0 Å². The molecule has 2 aromatic heterocycles. The predicted molar refractivity (Wildman–Crippen MR) is 144 cm³/mol. The number of carbonyl (C=O) groups excluding carboxylic acids is 2.